The molecule has 0 amide bonds. The van der Waals surface area contributed by atoms with Crippen molar-refractivity contribution in [2.75, 3.05) is 6.61 Å². The van der Waals surface area contributed by atoms with E-state index in [9.17, 15) is 5.11 Å². The first-order chi connectivity index (χ1) is 11.0. The maximum atomic E-state index is 9.40. The smallest absolute Gasteiger partial charge is 0.127 e. The van der Waals surface area contributed by atoms with Crippen LogP contribution in [-0.4, -0.2) is 27.2 Å². The summed E-state index contributed by atoms with van der Waals surface area (Å²) in [4.78, 5) is 11.4. The third kappa shape index (κ3) is 3.58. The summed E-state index contributed by atoms with van der Waals surface area (Å²) in [7, 11) is 0. The average Bonchev–Trinajstić information content (AvgIpc) is 2.97. The van der Waals surface area contributed by atoms with Crippen LogP contribution in [0.4, 0.5) is 0 Å². The maximum Gasteiger partial charge on any atom is 0.127 e. The van der Waals surface area contributed by atoms with E-state index < -0.39 is 0 Å². The lowest BCUT2D eigenvalue weighted by atomic mass is 10.1. The molecule has 5 heteroatoms. The van der Waals surface area contributed by atoms with Crippen molar-refractivity contribution < 1.29 is 5.11 Å². The first kappa shape index (κ1) is 16.1. The number of hydrogen-bond donors (Lipinski definition) is 2. The highest BCUT2D eigenvalue weighted by Gasteiger charge is 2.17. The van der Waals surface area contributed by atoms with E-state index in [4.69, 9.17) is 0 Å². The Morgan fingerprint density at radius 1 is 1.17 bits per heavy atom. The lowest BCUT2D eigenvalue weighted by Gasteiger charge is -2.23. The Morgan fingerprint density at radius 2 is 1.91 bits per heavy atom. The molecule has 0 saturated carbocycles. The predicted octanol–water partition coefficient (Wildman–Crippen LogP) is 3.53. The molecule has 3 aromatic rings. The molecule has 120 valence electrons. The Hall–Kier alpha value is -1.82. The van der Waals surface area contributed by atoms with Gasteiger partial charge in [0.05, 0.1) is 12.3 Å². The van der Waals surface area contributed by atoms with Gasteiger partial charge in [-0.25, -0.2) is 9.97 Å². The van der Waals surface area contributed by atoms with Crippen molar-refractivity contribution >= 4 is 21.6 Å². The van der Waals surface area contributed by atoms with E-state index in [1.54, 1.807) is 11.3 Å². The first-order valence-electron chi connectivity index (χ1n) is 7.67. The van der Waals surface area contributed by atoms with Crippen molar-refractivity contribution in [1.82, 2.24) is 15.3 Å². The van der Waals surface area contributed by atoms with Gasteiger partial charge in [0.1, 0.15) is 10.7 Å². The Bertz CT molecular complexity index is 812. The normalized spacial score (nSPS) is 12.0. The van der Waals surface area contributed by atoms with Crippen molar-refractivity contribution in [3.63, 3.8) is 0 Å². The number of aliphatic hydroxyl groups is 1. The highest BCUT2D eigenvalue weighted by atomic mass is 32.1. The van der Waals surface area contributed by atoms with Crippen LogP contribution >= 0.6 is 11.3 Å². The molecular formula is C18H21N3OS. The summed E-state index contributed by atoms with van der Waals surface area (Å²) in [5.41, 5.74) is 1.85. The number of aliphatic hydroxyl groups excluding tert-OH is 1. The van der Waals surface area contributed by atoms with Crippen LogP contribution in [0, 0.1) is 6.92 Å². The second-order valence-electron chi connectivity index (χ2n) is 6.31. The van der Waals surface area contributed by atoms with E-state index in [-0.39, 0.29) is 12.1 Å². The molecular weight excluding hydrogens is 306 g/mol. The third-order valence-electron chi connectivity index (χ3n) is 3.77. The quantitative estimate of drug-likeness (QED) is 0.753. The van der Waals surface area contributed by atoms with Gasteiger partial charge in [-0.05, 0) is 32.4 Å². The molecule has 3 rings (SSSR count). The van der Waals surface area contributed by atoms with Gasteiger partial charge in [0.15, 0.2) is 0 Å². The van der Waals surface area contributed by atoms with Crippen LogP contribution < -0.4 is 5.32 Å². The molecule has 0 radical (unpaired) electrons. The number of fused-ring (bicyclic) bond motifs is 1. The number of aryl methyl sites for hydroxylation is 1. The van der Waals surface area contributed by atoms with E-state index >= 15 is 0 Å². The Kier molecular flexibility index (Phi) is 4.43. The zero-order valence-corrected chi connectivity index (χ0v) is 14.4. The monoisotopic (exact) mass is 327 g/mol. The summed E-state index contributed by atoms with van der Waals surface area (Å²) in [5.74, 6) is 0.776. The van der Waals surface area contributed by atoms with Crippen molar-refractivity contribution in [2.45, 2.75) is 32.9 Å². The molecule has 0 fully saturated rings. The van der Waals surface area contributed by atoms with Crippen LogP contribution in [0.3, 0.4) is 0 Å². The first-order valence-corrected chi connectivity index (χ1v) is 8.48. The van der Waals surface area contributed by atoms with Gasteiger partial charge in [0.2, 0.25) is 0 Å². The Morgan fingerprint density at radius 3 is 2.61 bits per heavy atom. The lowest BCUT2D eigenvalue weighted by molar-refractivity contribution is 0.187. The molecule has 0 atom stereocenters. The summed E-state index contributed by atoms with van der Waals surface area (Å²) < 4.78 is 0. The van der Waals surface area contributed by atoms with Gasteiger partial charge >= 0.3 is 0 Å². The van der Waals surface area contributed by atoms with Crippen LogP contribution in [0.25, 0.3) is 20.7 Å². The van der Waals surface area contributed by atoms with E-state index in [1.807, 2.05) is 39.0 Å². The molecule has 0 aliphatic rings. The van der Waals surface area contributed by atoms with Crippen LogP contribution in [0.2, 0.25) is 0 Å². The second kappa shape index (κ2) is 6.35. The van der Waals surface area contributed by atoms with Gasteiger partial charge in [-0.2, -0.15) is 0 Å². The SMILES string of the molecule is Cc1nc(CNC(C)(C)CO)c2cc(-c3ccccc3)sc2n1. The maximum absolute atomic E-state index is 9.40. The molecule has 2 aromatic heterocycles. The zero-order valence-electron chi connectivity index (χ0n) is 13.6. The average molecular weight is 327 g/mol. The number of aromatic nitrogens is 2. The molecule has 0 bridgehead atoms. The summed E-state index contributed by atoms with van der Waals surface area (Å²) in [5, 5.41) is 13.8. The van der Waals surface area contributed by atoms with Gasteiger partial charge in [-0.1, -0.05) is 30.3 Å². The van der Waals surface area contributed by atoms with Crippen LogP contribution in [0.5, 0.6) is 0 Å². The summed E-state index contributed by atoms with van der Waals surface area (Å²) in [6.07, 6.45) is 0. The molecule has 0 aliphatic carbocycles. The van der Waals surface area contributed by atoms with Gasteiger partial charge in [-0.15, -0.1) is 11.3 Å². The van der Waals surface area contributed by atoms with Gasteiger partial charge in [0.25, 0.3) is 0 Å². The fourth-order valence-corrected chi connectivity index (χ4v) is 3.46. The minimum atomic E-state index is -0.330. The van der Waals surface area contributed by atoms with Gasteiger partial charge in [-0.3, -0.25) is 0 Å². The van der Waals surface area contributed by atoms with Crippen LogP contribution in [0.1, 0.15) is 25.4 Å². The highest BCUT2D eigenvalue weighted by molar-refractivity contribution is 7.21. The number of thiophene rings is 1. The van der Waals surface area contributed by atoms with Crippen molar-refractivity contribution in [2.24, 2.45) is 0 Å². The minimum Gasteiger partial charge on any atom is -0.394 e. The van der Waals surface area contributed by atoms with Crippen molar-refractivity contribution in [3.8, 4) is 10.4 Å². The molecule has 23 heavy (non-hydrogen) atoms. The molecule has 2 heterocycles. The van der Waals surface area contributed by atoms with Crippen molar-refractivity contribution in [3.05, 3.63) is 47.9 Å². The fourth-order valence-electron chi connectivity index (χ4n) is 2.36. The molecule has 1 aromatic carbocycles. The standard InChI is InChI=1S/C18H21N3OS/c1-12-20-15(10-19-18(2,3)11-22)14-9-16(23-17(14)21-12)13-7-5-4-6-8-13/h4-9,19,22H,10-11H2,1-3H3. The molecule has 2 N–H and O–H groups in total. The molecule has 4 nitrogen and oxygen atoms in total. The Balaban J connectivity index is 1.99. The second-order valence-corrected chi connectivity index (χ2v) is 7.34. The molecule has 0 saturated heterocycles. The van der Waals surface area contributed by atoms with E-state index in [1.165, 1.54) is 10.4 Å². The minimum absolute atomic E-state index is 0.0825. The lowest BCUT2D eigenvalue weighted by Crippen LogP contribution is -2.42. The largest absolute Gasteiger partial charge is 0.394 e. The van der Waals surface area contributed by atoms with Gasteiger partial charge in [0, 0.05) is 22.3 Å². The summed E-state index contributed by atoms with van der Waals surface area (Å²) >= 11 is 1.69. The number of benzene rings is 1. The molecule has 0 unspecified atom stereocenters. The van der Waals surface area contributed by atoms with E-state index in [0.29, 0.717) is 6.54 Å². The number of hydrogen-bond acceptors (Lipinski definition) is 5. The predicted molar refractivity (Wildman–Crippen MR) is 95.6 cm³/mol. The topological polar surface area (TPSA) is 58.0 Å². The summed E-state index contributed by atoms with van der Waals surface area (Å²) in [6, 6.07) is 12.5. The van der Waals surface area contributed by atoms with Crippen LogP contribution in [0.15, 0.2) is 36.4 Å². The Labute approximate surface area is 140 Å². The van der Waals surface area contributed by atoms with Gasteiger partial charge < -0.3 is 10.4 Å². The molecule has 0 spiro atoms. The van der Waals surface area contributed by atoms with E-state index in [2.05, 4.69) is 33.5 Å². The number of nitrogens with one attached hydrogen (secondary N) is 1. The highest BCUT2D eigenvalue weighted by Crippen LogP contribution is 2.33. The van der Waals surface area contributed by atoms with E-state index in [0.717, 1.165) is 21.7 Å². The zero-order chi connectivity index (χ0) is 16.4. The number of rotatable bonds is 5. The van der Waals surface area contributed by atoms with Crippen molar-refractivity contribution in [1.29, 1.82) is 0 Å². The fraction of sp³-hybridized carbons (Fsp3) is 0.333. The number of nitrogens with zero attached hydrogens (tertiary/aromatic N) is 2. The summed E-state index contributed by atoms with van der Waals surface area (Å²) in [6.45, 7) is 6.56. The molecule has 0 aliphatic heterocycles. The van der Waals surface area contributed by atoms with Crippen LogP contribution in [-0.2, 0) is 6.54 Å². The third-order valence-corrected chi connectivity index (χ3v) is 4.85.